The monoisotopic (exact) mass is 271 g/mol. The third-order valence-electron chi connectivity index (χ3n) is 3.19. The normalized spacial score (nSPS) is 10.4. The summed E-state index contributed by atoms with van der Waals surface area (Å²) in [5.41, 5.74) is 3.64. The fourth-order valence-corrected chi connectivity index (χ4v) is 1.94. The Morgan fingerprint density at radius 1 is 1.25 bits per heavy atom. The molecular formula is C15H17N3O2. The van der Waals surface area contributed by atoms with Gasteiger partial charge in [-0.3, -0.25) is 15.1 Å². The van der Waals surface area contributed by atoms with Crippen molar-refractivity contribution >= 4 is 5.69 Å². The van der Waals surface area contributed by atoms with Gasteiger partial charge in [0.1, 0.15) is 0 Å². The first-order valence-electron chi connectivity index (χ1n) is 6.50. The van der Waals surface area contributed by atoms with Crippen molar-refractivity contribution in [3.8, 4) is 0 Å². The Kier molecular flexibility index (Phi) is 4.79. The predicted molar refractivity (Wildman–Crippen MR) is 77.5 cm³/mol. The van der Waals surface area contributed by atoms with Gasteiger partial charge in [0.05, 0.1) is 4.92 Å². The third kappa shape index (κ3) is 3.86. The predicted octanol–water partition coefficient (Wildman–Crippen LogP) is 2.63. The summed E-state index contributed by atoms with van der Waals surface area (Å²) in [6.45, 7) is 3.68. The van der Waals surface area contributed by atoms with E-state index in [0.29, 0.717) is 0 Å². The van der Waals surface area contributed by atoms with E-state index < -0.39 is 0 Å². The summed E-state index contributed by atoms with van der Waals surface area (Å²) in [5.74, 6) is 0. The summed E-state index contributed by atoms with van der Waals surface area (Å²) in [6.07, 6.45) is 4.50. The Bertz CT molecular complexity index is 582. The molecule has 1 heterocycles. The molecule has 5 nitrogen and oxygen atoms in total. The summed E-state index contributed by atoms with van der Waals surface area (Å²) >= 11 is 0. The van der Waals surface area contributed by atoms with Gasteiger partial charge in [-0.1, -0.05) is 12.1 Å². The zero-order chi connectivity index (χ0) is 14.4. The molecule has 5 heteroatoms. The molecule has 0 bridgehead atoms. The minimum absolute atomic E-state index is 0.133. The van der Waals surface area contributed by atoms with Crippen molar-refractivity contribution in [3.05, 3.63) is 69.5 Å². The molecule has 0 aliphatic carbocycles. The highest BCUT2D eigenvalue weighted by Crippen LogP contribution is 2.12. The van der Waals surface area contributed by atoms with E-state index in [-0.39, 0.29) is 10.6 Å². The molecule has 2 rings (SSSR count). The molecule has 0 saturated carbocycles. The van der Waals surface area contributed by atoms with E-state index in [9.17, 15) is 10.1 Å². The van der Waals surface area contributed by atoms with Gasteiger partial charge in [-0.15, -0.1) is 0 Å². The van der Waals surface area contributed by atoms with Crippen LogP contribution in [0.2, 0.25) is 0 Å². The lowest BCUT2D eigenvalue weighted by molar-refractivity contribution is -0.384. The second-order valence-corrected chi connectivity index (χ2v) is 4.65. The van der Waals surface area contributed by atoms with Gasteiger partial charge in [-0.2, -0.15) is 0 Å². The zero-order valence-electron chi connectivity index (χ0n) is 11.4. The standard InChI is InChI=1S/C15H17N3O2/c1-12-10-16-9-7-14(12)11-17-8-6-13-2-4-15(5-3-13)18(19)20/h2-5,7,9-10,17H,6,8,11H2,1H3. The van der Waals surface area contributed by atoms with Gasteiger partial charge in [0.25, 0.3) is 5.69 Å². The van der Waals surface area contributed by atoms with E-state index in [1.807, 2.05) is 19.2 Å². The van der Waals surface area contributed by atoms with Gasteiger partial charge >= 0.3 is 0 Å². The molecule has 0 radical (unpaired) electrons. The number of nitro groups is 1. The van der Waals surface area contributed by atoms with E-state index in [4.69, 9.17) is 0 Å². The number of aryl methyl sites for hydroxylation is 1. The number of non-ortho nitro benzene ring substituents is 1. The van der Waals surface area contributed by atoms with Crippen LogP contribution in [-0.2, 0) is 13.0 Å². The van der Waals surface area contributed by atoms with Crippen molar-refractivity contribution < 1.29 is 4.92 Å². The maximum absolute atomic E-state index is 10.5. The lowest BCUT2D eigenvalue weighted by atomic mass is 10.1. The molecule has 0 fully saturated rings. The third-order valence-corrected chi connectivity index (χ3v) is 3.19. The average molecular weight is 271 g/mol. The molecule has 2 aromatic rings. The van der Waals surface area contributed by atoms with Crippen LogP contribution in [0.25, 0.3) is 0 Å². The number of hydrogen-bond acceptors (Lipinski definition) is 4. The lowest BCUT2D eigenvalue weighted by Gasteiger charge is -2.07. The quantitative estimate of drug-likeness (QED) is 0.498. The van der Waals surface area contributed by atoms with Crippen molar-refractivity contribution in [2.45, 2.75) is 19.9 Å². The highest BCUT2D eigenvalue weighted by atomic mass is 16.6. The minimum Gasteiger partial charge on any atom is -0.312 e. The van der Waals surface area contributed by atoms with Gasteiger partial charge < -0.3 is 5.32 Å². The maximum atomic E-state index is 10.5. The molecule has 0 atom stereocenters. The molecular weight excluding hydrogens is 254 g/mol. The number of nitrogens with one attached hydrogen (secondary N) is 1. The molecule has 0 aliphatic heterocycles. The van der Waals surface area contributed by atoms with Crippen LogP contribution in [0, 0.1) is 17.0 Å². The number of pyridine rings is 1. The molecule has 1 aromatic heterocycles. The van der Waals surface area contributed by atoms with Gasteiger partial charge in [0.15, 0.2) is 0 Å². The van der Waals surface area contributed by atoms with Gasteiger partial charge in [0.2, 0.25) is 0 Å². The SMILES string of the molecule is Cc1cnccc1CNCCc1ccc([N+](=O)[O-])cc1. The van der Waals surface area contributed by atoms with Crippen molar-refractivity contribution in [3.63, 3.8) is 0 Å². The van der Waals surface area contributed by atoms with Crippen LogP contribution in [0.15, 0.2) is 42.7 Å². The summed E-state index contributed by atoms with van der Waals surface area (Å²) in [7, 11) is 0. The zero-order valence-corrected chi connectivity index (χ0v) is 11.4. The summed E-state index contributed by atoms with van der Waals surface area (Å²) in [6, 6.07) is 8.70. The molecule has 0 spiro atoms. The smallest absolute Gasteiger partial charge is 0.269 e. The molecule has 1 aromatic carbocycles. The van der Waals surface area contributed by atoms with E-state index in [1.54, 1.807) is 30.5 Å². The summed E-state index contributed by atoms with van der Waals surface area (Å²) < 4.78 is 0. The Morgan fingerprint density at radius 2 is 2.00 bits per heavy atom. The molecule has 0 unspecified atom stereocenters. The fourth-order valence-electron chi connectivity index (χ4n) is 1.94. The Labute approximate surface area is 117 Å². The highest BCUT2D eigenvalue weighted by Gasteiger charge is 2.03. The van der Waals surface area contributed by atoms with Crippen LogP contribution in [0.4, 0.5) is 5.69 Å². The Hall–Kier alpha value is -2.27. The maximum Gasteiger partial charge on any atom is 0.269 e. The molecule has 0 amide bonds. The first-order valence-corrected chi connectivity index (χ1v) is 6.50. The second kappa shape index (κ2) is 6.77. The van der Waals surface area contributed by atoms with Gasteiger partial charge in [0, 0.05) is 31.1 Å². The number of aromatic nitrogens is 1. The Morgan fingerprint density at radius 3 is 2.65 bits per heavy atom. The average Bonchev–Trinajstić information content (AvgIpc) is 2.46. The van der Waals surface area contributed by atoms with Gasteiger partial charge in [-0.25, -0.2) is 0 Å². The lowest BCUT2D eigenvalue weighted by Crippen LogP contribution is -2.17. The number of benzene rings is 1. The summed E-state index contributed by atoms with van der Waals surface area (Å²) in [5, 5.41) is 13.9. The van der Waals surface area contributed by atoms with E-state index >= 15 is 0 Å². The van der Waals surface area contributed by atoms with Crippen molar-refractivity contribution in [2.24, 2.45) is 0 Å². The molecule has 20 heavy (non-hydrogen) atoms. The summed E-state index contributed by atoms with van der Waals surface area (Å²) in [4.78, 5) is 14.2. The van der Waals surface area contributed by atoms with Crippen LogP contribution in [0.3, 0.4) is 0 Å². The first-order chi connectivity index (χ1) is 9.66. The van der Waals surface area contributed by atoms with Crippen LogP contribution in [0.1, 0.15) is 16.7 Å². The molecule has 1 N–H and O–H groups in total. The van der Waals surface area contributed by atoms with E-state index in [0.717, 1.165) is 25.1 Å². The number of rotatable bonds is 6. The van der Waals surface area contributed by atoms with Crippen molar-refractivity contribution in [1.82, 2.24) is 10.3 Å². The van der Waals surface area contributed by atoms with Crippen LogP contribution >= 0.6 is 0 Å². The molecule has 0 saturated heterocycles. The largest absolute Gasteiger partial charge is 0.312 e. The van der Waals surface area contributed by atoms with Crippen LogP contribution in [0.5, 0.6) is 0 Å². The van der Waals surface area contributed by atoms with Crippen LogP contribution < -0.4 is 5.32 Å². The van der Waals surface area contributed by atoms with E-state index in [1.165, 1.54) is 11.1 Å². The molecule has 0 aliphatic rings. The van der Waals surface area contributed by atoms with Crippen molar-refractivity contribution in [1.29, 1.82) is 0 Å². The topological polar surface area (TPSA) is 68.1 Å². The Balaban J connectivity index is 1.79. The first kappa shape index (κ1) is 14.1. The highest BCUT2D eigenvalue weighted by molar-refractivity contribution is 5.33. The minimum atomic E-state index is -0.381. The second-order valence-electron chi connectivity index (χ2n) is 4.65. The fraction of sp³-hybridized carbons (Fsp3) is 0.267. The van der Waals surface area contributed by atoms with Crippen LogP contribution in [-0.4, -0.2) is 16.5 Å². The van der Waals surface area contributed by atoms with Gasteiger partial charge in [-0.05, 0) is 42.6 Å². The number of nitro benzene ring substituents is 1. The van der Waals surface area contributed by atoms with Crippen molar-refractivity contribution in [2.75, 3.05) is 6.54 Å². The number of nitrogens with zero attached hydrogens (tertiary/aromatic N) is 2. The number of hydrogen-bond donors (Lipinski definition) is 1. The molecule has 104 valence electrons. The van der Waals surface area contributed by atoms with E-state index in [2.05, 4.69) is 10.3 Å².